The van der Waals surface area contributed by atoms with Crippen LogP contribution < -0.4 is 0 Å². The standard InChI is InChI=1S/C19H30N4O2/c1-19(2,3)23-14-15(20-21-23)13-22-10-6-4-5-8-16(22)12-17(24)18-9-7-11-25-18/h7,9,11,14,16-17,24H,4-6,8,10,12-13H2,1-3H3/t16-,17-/m0/s1. The van der Waals surface area contributed by atoms with Crippen molar-refractivity contribution >= 4 is 0 Å². The summed E-state index contributed by atoms with van der Waals surface area (Å²) in [5.74, 6) is 0.655. The number of hydrogen-bond acceptors (Lipinski definition) is 5. The van der Waals surface area contributed by atoms with E-state index in [1.807, 2.05) is 23.0 Å². The van der Waals surface area contributed by atoms with Crippen molar-refractivity contribution in [1.82, 2.24) is 19.9 Å². The average molecular weight is 346 g/mol. The normalized spacial score (nSPS) is 21.2. The van der Waals surface area contributed by atoms with E-state index in [1.54, 1.807) is 6.26 Å². The van der Waals surface area contributed by atoms with Crippen LogP contribution in [-0.4, -0.2) is 37.6 Å². The number of rotatable bonds is 5. The first kappa shape index (κ1) is 18.1. The van der Waals surface area contributed by atoms with Crippen molar-refractivity contribution in [3.63, 3.8) is 0 Å². The van der Waals surface area contributed by atoms with Crippen molar-refractivity contribution < 1.29 is 9.52 Å². The summed E-state index contributed by atoms with van der Waals surface area (Å²) in [5, 5.41) is 19.1. The van der Waals surface area contributed by atoms with Gasteiger partial charge in [0.05, 0.1) is 23.7 Å². The predicted octanol–water partition coefficient (Wildman–Crippen LogP) is 3.49. The Morgan fingerprint density at radius 1 is 1.32 bits per heavy atom. The number of aromatic nitrogens is 3. The largest absolute Gasteiger partial charge is 0.467 e. The Kier molecular flexibility index (Phi) is 5.59. The van der Waals surface area contributed by atoms with E-state index in [2.05, 4.69) is 36.0 Å². The maximum absolute atomic E-state index is 10.5. The molecule has 0 aromatic carbocycles. The third-order valence-electron chi connectivity index (χ3n) is 4.96. The smallest absolute Gasteiger partial charge is 0.132 e. The van der Waals surface area contributed by atoms with Gasteiger partial charge in [-0.15, -0.1) is 5.10 Å². The van der Waals surface area contributed by atoms with E-state index in [9.17, 15) is 5.11 Å². The van der Waals surface area contributed by atoms with Gasteiger partial charge < -0.3 is 9.52 Å². The van der Waals surface area contributed by atoms with Crippen LogP contribution in [0.1, 0.15) is 70.4 Å². The molecule has 0 bridgehead atoms. The lowest BCUT2D eigenvalue weighted by Crippen LogP contribution is -2.35. The van der Waals surface area contributed by atoms with Gasteiger partial charge in [0.2, 0.25) is 0 Å². The number of hydrogen-bond donors (Lipinski definition) is 1. The van der Waals surface area contributed by atoms with E-state index in [1.165, 1.54) is 19.3 Å². The van der Waals surface area contributed by atoms with Gasteiger partial charge >= 0.3 is 0 Å². The molecule has 0 amide bonds. The molecule has 25 heavy (non-hydrogen) atoms. The summed E-state index contributed by atoms with van der Waals surface area (Å²) in [6.45, 7) is 8.20. The third-order valence-corrected chi connectivity index (χ3v) is 4.96. The zero-order chi connectivity index (χ0) is 17.9. The van der Waals surface area contributed by atoms with Crippen LogP contribution in [0.25, 0.3) is 0 Å². The molecule has 3 rings (SSSR count). The van der Waals surface area contributed by atoms with Crippen molar-refractivity contribution in [2.45, 2.75) is 77.1 Å². The Labute approximate surface area is 149 Å². The molecule has 0 saturated carbocycles. The van der Waals surface area contributed by atoms with Gasteiger partial charge in [-0.1, -0.05) is 18.1 Å². The first-order chi connectivity index (χ1) is 11.9. The summed E-state index contributed by atoms with van der Waals surface area (Å²) in [4.78, 5) is 2.45. The summed E-state index contributed by atoms with van der Waals surface area (Å²) >= 11 is 0. The molecule has 1 aliphatic rings. The van der Waals surface area contributed by atoms with E-state index in [-0.39, 0.29) is 5.54 Å². The van der Waals surface area contributed by atoms with Crippen LogP contribution in [0.15, 0.2) is 29.0 Å². The zero-order valence-corrected chi connectivity index (χ0v) is 15.6. The quantitative estimate of drug-likeness (QED) is 0.897. The van der Waals surface area contributed by atoms with Gasteiger partial charge in [0.15, 0.2) is 0 Å². The molecule has 138 valence electrons. The van der Waals surface area contributed by atoms with E-state index < -0.39 is 6.10 Å². The van der Waals surface area contributed by atoms with Crippen LogP contribution in [0.2, 0.25) is 0 Å². The zero-order valence-electron chi connectivity index (χ0n) is 15.6. The van der Waals surface area contributed by atoms with Crippen LogP contribution in [-0.2, 0) is 12.1 Å². The fourth-order valence-corrected chi connectivity index (χ4v) is 3.47. The van der Waals surface area contributed by atoms with Crippen molar-refractivity contribution in [2.24, 2.45) is 0 Å². The molecule has 0 radical (unpaired) electrons. The summed E-state index contributed by atoms with van der Waals surface area (Å²) in [6.07, 6.45) is 8.57. The molecule has 1 aliphatic heterocycles. The molecule has 0 unspecified atom stereocenters. The van der Waals surface area contributed by atoms with Gasteiger partial charge in [-0.25, -0.2) is 4.68 Å². The van der Waals surface area contributed by atoms with E-state index in [4.69, 9.17) is 4.42 Å². The first-order valence-corrected chi connectivity index (χ1v) is 9.31. The van der Waals surface area contributed by atoms with Gasteiger partial charge in [0.1, 0.15) is 11.9 Å². The lowest BCUT2D eigenvalue weighted by atomic mass is 10.0. The Hall–Kier alpha value is -1.66. The highest BCUT2D eigenvalue weighted by molar-refractivity contribution is 5.03. The minimum atomic E-state index is -0.550. The highest BCUT2D eigenvalue weighted by atomic mass is 16.4. The molecule has 1 fully saturated rings. The van der Waals surface area contributed by atoms with Gasteiger partial charge in [0.25, 0.3) is 0 Å². The minimum Gasteiger partial charge on any atom is -0.467 e. The molecule has 0 spiro atoms. The maximum atomic E-state index is 10.5. The molecule has 2 aromatic heterocycles. The second-order valence-electron chi connectivity index (χ2n) is 8.07. The summed E-state index contributed by atoms with van der Waals surface area (Å²) in [7, 11) is 0. The van der Waals surface area contributed by atoms with Crippen LogP contribution in [0.5, 0.6) is 0 Å². The fraction of sp³-hybridized carbons (Fsp3) is 0.684. The Morgan fingerprint density at radius 2 is 2.16 bits per heavy atom. The predicted molar refractivity (Wildman–Crippen MR) is 96.0 cm³/mol. The van der Waals surface area contributed by atoms with Crippen molar-refractivity contribution in [3.8, 4) is 0 Å². The molecule has 6 heteroatoms. The summed E-state index contributed by atoms with van der Waals surface area (Å²) in [5.41, 5.74) is 0.938. The van der Waals surface area contributed by atoms with Crippen molar-refractivity contribution in [3.05, 3.63) is 36.0 Å². The molecule has 2 atom stereocenters. The lowest BCUT2D eigenvalue weighted by Gasteiger charge is -2.30. The van der Waals surface area contributed by atoms with Crippen LogP contribution >= 0.6 is 0 Å². The minimum absolute atomic E-state index is 0.0566. The fourth-order valence-electron chi connectivity index (χ4n) is 3.47. The van der Waals surface area contributed by atoms with Crippen molar-refractivity contribution in [1.29, 1.82) is 0 Å². The monoisotopic (exact) mass is 346 g/mol. The molecule has 6 nitrogen and oxygen atoms in total. The second kappa shape index (κ2) is 7.70. The Balaban J connectivity index is 1.69. The lowest BCUT2D eigenvalue weighted by molar-refractivity contribution is 0.0825. The average Bonchev–Trinajstić information content (AvgIpc) is 3.19. The van der Waals surface area contributed by atoms with Crippen molar-refractivity contribution in [2.75, 3.05) is 6.54 Å². The van der Waals surface area contributed by atoms with E-state index in [0.29, 0.717) is 18.2 Å². The number of nitrogens with zero attached hydrogens (tertiary/aromatic N) is 4. The van der Waals surface area contributed by atoms with E-state index >= 15 is 0 Å². The molecule has 1 N–H and O–H groups in total. The van der Waals surface area contributed by atoms with Gasteiger partial charge in [-0.3, -0.25) is 4.90 Å². The van der Waals surface area contributed by atoms with E-state index in [0.717, 1.165) is 25.2 Å². The Bertz CT molecular complexity index is 645. The van der Waals surface area contributed by atoms with Gasteiger partial charge in [-0.2, -0.15) is 0 Å². The molecular formula is C19H30N4O2. The van der Waals surface area contributed by atoms with Gasteiger partial charge in [-0.05, 0) is 58.7 Å². The topological polar surface area (TPSA) is 67.3 Å². The number of likely N-dealkylation sites (tertiary alicyclic amines) is 1. The second-order valence-corrected chi connectivity index (χ2v) is 8.07. The Morgan fingerprint density at radius 3 is 2.84 bits per heavy atom. The van der Waals surface area contributed by atoms with Gasteiger partial charge in [0, 0.05) is 12.6 Å². The molecule has 0 aliphatic carbocycles. The number of furan rings is 1. The van der Waals surface area contributed by atoms with Crippen LogP contribution in [0, 0.1) is 0 Å². The number of aliphatic hydroxyl groups is 1. The van der Waals surface area contributed by atoms with Crippen LogP contribution in [0.3, 0.4) is 0 Å². The molecule has 3 heterocycles. The number of aliphatic hydroxyl groups excluding tert-OH is 1. The summed E-state index contributed by atoms with van der Waals surface area (Å²) < 4.78 is 7.29. The third kappa shape index (κ3) is 4.70. The highest BCUT2D eigenvalue weighted by Gasteiger charge is 2.26. The summed E-state index contributed by atoms with van der Waals surface area (Å²) in [6, 6.07) is 4.01. The molecular weight excluding hydrogens is 316 g/mol. The first-order valence-electron chi connectivity index (χ1n) is 9.31. The molecule has 2 aromatic rings. The SMILES string of the molecule is CC(C)(C)n1cc(CN2CCCCC[C@H]2C[C@H](O)c2ccco2)nn1. The van der Waals surface area contributed by atoms with Crippen LogP contribution in [0.4, 0.5) is 0 Å². The molecule has 1 saturated heterocycles. The highest BCUT2D eigenvalue weighted by Crippen LogP contribution is 2.27. The maximum Gasteiger partial charge on any atom is 0.132 e.